The number of nitrogens with two attached hydrogens (primary N) is 1. The van der Waals surface area contributed by atoms with Gasteiger partial charge in [-0.2, -0.15) is 0 Å². The predicted molar refractivity (Wildman–Crippen MR) is 72.3 cm³/mol. The van der Waals surface area contributed by atoms with Gasteiger partial charge in [-0.1, -0.05) is 41.0 Å². The normalized spacial score (nSPS) is 37.7. The summed E-state index contributed by atoms with van der Waals surface area (Å²) in [4.78, 5) is 0. The second-order valence-corrected chi connectivity index (χ2v) is 7.06. The molecule has 1 aliphatic rings. The van der Waals surface area contributed by atoms with E-state index in [2.05, 4.69) is 41.5 Å². The zero-order chi connectivity index (χ0) is 12.6. The number of hydrogen-bond acceptors (Lipinski definition) is 1. The Labute approximate surface area is 102 Å². The van der Waals surface area contributed by atoms with Crippen LogP contribution in [-0.2, 0) is 0 Å². The van der Waals surface area contributed by atoms with Crippen molar-refractivity contribution in [2.45, 2.75) is 73.3 Å². The zero-order valence-corrected chi connectivity index (χ0v) is 12.1. The molecule has 1 heteroatoms. The van der Waals surface area contributed by atoms with Gasteiger partial charge in [0.2, 0.25) is 0 Å². The Kier molecular flexibility index (Phi) is 4.10. The van der Waals surface area contributed by atoms with Crippen molar-refractivity contribution in [1.29, 1.82) is 0 Å². The second-order valence-electron chi connectivity index (χ2n) is 7.06. The van der Waals surface area contributed by atoms with E-state index in [1.165, 1.54) is 19.3 Å². The lowest BCUT2D eigenvalue weighted by Crippen LogP contribution is -2.39. The van der Waals surface area contributed by atoms with Crippen LogP contribution in [0.25, 0.3) is 0 Å². The van der Waals surface area contributed by atoms with Crippen molar-refractivity contribution < 1.29 is 0 Å². The average molecular weight is 225 g/mol. The smallest absolute Gasteiger partial charge is 0.00156 e. The molecule has 0 aromatic heterocycles. The van der Waals surface area contributed by atoms with Gasteiger partial charge in [-0.15, -0.1) is 0 Å². The summed E-state index contributed by atoms with van der Waals surface area (Å²) >= 11 is 0. The van der Waals surface area contributed by atoms with E-state index in [1.807, 2.05) is 0 Å². The summed E-state index contributed by atoms with van der Waals surface area (Å²) in [6.07, 6.45) is 5.25. The van der Waals surface area contributed by atoms with Gasteiger partial charge in [0, 0.05) is 6.04 Å². The van der Waals surface area contributed by atoms with E-state index in [0.29, 0.717) is 16.9 Å². The van der Waals surface area contributed by atoms with Crippen LogP contribution in [0.4, 0.5) is 0 Å². The minimum absolute atomic E-state index is 0.326. The Hall–Kier alpha value is -0.0400. The van der Waals surface area contributed by atoms with Crippen LogP contribution in [0.1, 0.15) is 67.2 Å². The van der Waals surface area contributed by atoms with Crippen LogP contribution in [-0.4, -0.2) is 6.04 Å². The topological polar surface area (TPSA) is 26.0 Å². The molecule has 0 aliphatic heterocycles. The summed E-state index contributed by atoms with van der Waals surface area (Å²) in [5.41, 5.74) is 6.93. The lowest BCUT2D eigenvalue weighted by molar-refractivity contribution is 0.0487. The van der Waals surface area contributed by atoms with E-state index in [9.17, 15) is 0 Å². The highest BCUT2D eigenvalue weighted by molar-refractivity contribution is 4.99. The van der Waals surface area contributed by atoms with Crippen molar-refractivity contribution in [2.75, 3.05) is 0 Å². The molecule has 1 aliphatic carbocycles. The van der Waals surface area contributed by atoms with Crippen molar-refractivity contribution >= 4 is 0 Å². The summed E-state index contributed by atoms with van der Waals surface area (Å²) in [5, 5.41) is 0. The molecule has 1 rings (SSSR count). The molecule has 1 fully saturated rings. The first-order valence-corrected chi connectivity index (χ1v) is 6.99. The first-order valence-electron chi connectivity index (χ1n) is 6.99. The third-order valence-electron chi connectivity index (χ3n) is 5.36. The van der Waals surface area contributed by atoms with Gasteiger partial charge in [-0.3, -0.25) is 0 Å². The maximum absolute atomic E-state index is 6.01. The van der Waals surface area contributed by atoms with Crippen LogP contribution in [0.15, 0.2) is 0 Å². The molecule has 0 amide bonds. The minimum Gasteiger partial charge on any atom is -0.328 e. The molecule has 96 valence electrons. The quantitative estimate of drug-likeness (QED) is 0.762. The van der Waals surface area contributed by atoms with Gasteiger partial charge in [0.15, 0.2) is 0 Å². The van der Waals surface area contributed by atoms with E-state index in [1.54, 1.807) is 0 Å². The predicted octanol–water partition coefficient (Wildman–Crippen LogP) is 4.21. The summed E-state index contributed by atoms with van der Waals surface area (Å²) in [6.45, 7) is 14.3. The van der Waals surface area contributed by atoms with Crippen molar-refractivity contribution in [3.05, 3.63) is 0 Å². The van der Waals surface area contributed by atoms with E-state index < -0.39 is 0 Å². The highest BCUT2D eigenvalue weighted by atomic mass is 14.6. The molecule has 16 heavy (non-hydrogen) atoms. The Morgan fingerprint density at radius 3 is 2.38 bits per heavy atom. The highest BCUT2D eigenvalue weighted by Crippen LogP contribution is 2.57. The standard InChI is InChI=1S/C15H31N/c1-7-15(6)11(2)8-9-13(15)14(4,5)10-12(3)16/h11-13H,7-10,16H2,1-6H3/t11?,12?,13?,15-/m0/s1. The van der Waals surface area contributed by atoms with Gasteiger partial charge in [-0.05, 0) is 48.9 Å². The monoisotopic (exact) mass is 225 g/mol. The molecule has 4 atom stereocenters. The van der Waals surface area contributed by atoms with Gasteiger partial charge in [0.25, 0.3) is 0 Å². The van der Waals surface area contributed by atoms with Crippen molar-refractivity contribution in [1.82, 2.24) is 0 Å². The average Bonchev–Trinajstić information content (AvgIpc) is 2.43. The van der Waals surface area contributed by atoms with E-state index in [4.69, 9.17) is 5.73 Å². The van der Waals surface area contributed by atoms with Gasteiger partial charge >= 0.3 is 0 Å². The second kappa shape index (κ2) is 4.68. The van der Waals surface area contributed by atoms with E-state index >= 15 is 0 Å². The van der Waals surface area contributed by atoms with Crippen LogP contribution < -0.4 is 5.73 Å². The van der Waals surface area contributed by atoms with E-state index in [-0.39, 0.29) is 0 Å². The Morgan fingerprint density at radius 1 is 1.38 bits per heavy atom. The third-order valence-corrected chi connectivity index (χ3v) is 5.36. The Balaban J connectivity index is 2.87. The molecule has 0 bridgehead atoms. The molecule has 0 saturated heterocycles. The van der Waals surface area contributed by atoms with Crippen molar-refractivity contribution in [3.63, 3.8) is 0 Å². The SMILES string of the molecule is CC[C@@]1(C)C(C)CCC1C(C)(C)CC(C)N. The number of rotatable bonds is 4. The lowest BCUT2D eigenvalue weighted by atomic mass is 9.61. The van der Waals surface area contributed by atoms with Crippen LogP contribution in [0.5, 0.6) is 0 Å². The minimum atomic E-state index is 0.326. The summed E-state index contributed by atoms with van der Waals surface area (Å²) in [5.74, 6) is 1.71. The van der Waals surface area contributed by atoms with Gasteiger partial charge < -0.3 is 5.73 Å². The van der Waals surface area contributed by atoms with Crippen LogP contribution >= 0.6 is 0 Å². The molecule has 0 radical (unpaired) electrons. The first-order chi connectivity index (χ1) is 7.24. The summed E-state index contributed by atoms with van der Waals surface area (Å²) < 4.78 is 0. The first kappa shape index (κ1) is 14.0. The van der Waals surface area contributed by atoms with Gasteiger partial charge in [0.05, 0.1) is 0 Å². The number of hydrogen-bond donors (Lipinski definition) is 1. The molecule has 1 nitrogen and oxygen atoms in total. The summed E-state index contributed by atoms with van der Waals surface area (Å²) in [6, 6.07) is 0.326. The largest absolute Gasteiger partial charge is 0.328 e. The van der Waals surface area contributed by atoms with E-state index in [0.717, 1.165) is 18.3 Å². The molecule has 0 aromatic carbocycles. The molecular formula is C15H31N. The maximum Gasteiger partial charge on any atom is 0.00156 e. The molecule has 1 saturated carbocycles. The fourth-order valence-corrected chi connectivity index (χ4v) is 4.27. The van der Waals surface area contributed by atoms with Crippen LogP contribution in [0.2, 0.25) is 0 Å². The molecule has 0 heterocycles. The fourth-order valence-electron chi connectivity index (χ4n) is 4.27. The molecule has 3 unspecified atom stereocenters. The third kappa shape index (κ3) is 2.45. The molecule has 0 spiro atoms. The van der Waals surface area contributed by atoms with Crippen LogP contribution in [0, 0.1) is 22.7 Å². The Morgan fingerprint density at radius 2 is 1.94 bits per heavy atom. The van der Waals surface area contributed by atoms with Crippen molar-refractivity contribution in [2.24, 2.45) is 28.4 Å². The lowest BCUT2D eigenvalue weighted by Gasteiger charge is -2.45. The van der Waals surface area contributed by atoms with Crippen LogP contribution in [0.3, 0.4) is 0 Å². The molecular weight excluding hydrogens is 194 g/mol. The highest BCUT2D eigenvalue weighted by Gasteiger charge is 2.49. The maximum atomic E-state index is 6.01. The molecule has 2 N–H and O–H groups in total. The zero-order valence-electron chi connectivity index (χ0n) is 12.1. The molecule has 0 aromatic rings. The van der Waals surface area contributed by atoms with Gasteiger partial charge in [0.1, 0.15) is 0 Å². The van der Waals surface area contributed by atoms with Gasteiger partial charge in [-0.25, -0.2) is 0 Å². The Bertz CT molecular complexity index is 232. The summed E-state index contributed by atoms with van der Waals surface area (Å²) in [7, 11) is 0. The fraction of sp³-hybridized carbons (Fsp3) is 1.00. The van der Waals surface area contributed by atoms with Crippen molar-refractivity contribution in [3.8, 4) is 0 Å².